The number of imidazole rings is 1. The Kier molecular flexibility index (Phi) is 7.83. The maximum atomic E-state index is 10.2. The average Bonchev–Trinajstić information content (AvgIpc) is 3.09. The third kappa shape index (κ3) is 6.54. The summed E-state index contributed by atoms with van der Waals surface area (Å²) in [7, 11) is 0. The molecule has 0 saturated carbocycles. The molecule has 0 radical (unpaired) electrons. The molecule has 2 heterocycles. The Morgan fingerprint density at radius 1 is 1.32 bits per heavy atom. The van der Waals surface area contributed by atoms with Gasteiger partial charge in [-0.3, -0.25) is 0 Å². The number of anilines is 1. The molecule has 0 aliphatic heterocycles. The smallest absolute Gasteiger partial charge is 0.341 e. The number of aromatic nitrogens is 4. The highest BCUT2D eigenvalue weighted by Gasteiger charge is 2.07. The van der Waals surface area contributed by atoms with Gasteiger partial charge in [0, 0.05) is 11.4 Å². The number of nitrogens with zero attached hydrogens (tertiary/aromatic N) is 3. The van der Waals surface area contributed by atoms with E-state index in [0.717, 1.165) is 24.2 Å². The van der Waals surface area contributed by atoms with Crippen LogP contribution in [-0.2, 0) is 11.2 Å². The number of fused-ring (bicyclic) bond motifs is 1. The lowest BCUT2D eigenvalue weighted by Gasteiger charge is -2.04. The lowest BCUT2D eigenvalue weighted by Crippen LogP contribution is -2.09. The molecule has 0 unspecified atom stereocenters. The van der Waals surface area contributed by atoms with Gasteiger partial charge in [-0.15, -0.1) is 0 Å². The van der Waals surface area contributed by atoms with Crippen molar-refractivity contribution in [2.75, 3.05) is 12.3 Å². The van der Waals surface area contributed by atoms with Gasteiger partial charge in [0.1, 0.15) is 17.1 Å². The topological polar surface area (TPSA) is 127 Å². The molecule has 0 saturated heterocycles. The zero-order valence-electron chi connectivity index (χ0n) is 15.4. The molecule has 0 aliphatic carbocycles. The van der Waals surface area contributed by atoms with Gasteiger partial charge in [0.2, 0.25) is 0 Å². The molecule has 3 aromatic rings. The van der Waals surface area contributed by atoms with Gasteiger partial charge in [-0.05, 0) is 30.5 Å². The van der Waals surface area contributed by atoms with Crippen LogP contribution in [0.15, 0.2) is 24.5 Å². The number of rotatable bonds is 6. The van der Waals surface area contributed by atoms with Crippen LogP contribution in [0.25, 0.3) is 11.2 Å². The Bertz CT molecular complexity index is 946. The fourth-order valence-corrected chi connectivity index (χ4v) is 2.63. The molecule has 0 spiro atoms. The second-order valence-corrected chi connectivity index (χ2v) is 7.16. The SMILES string of the molecule is CC(C)CCc1nc(N)c2[nH]cnc2n1.O=C(O)COc1ccc(Cl)cc1Cl. The summed E-state index contributed by atoms with van der Waals surface area (Å²) in [5, 5.41) is 9.11. The van der Waals surface area contributed by atoms with E-state index in [1.54, 1.807) is 12.4 Å². The molecule has 0 aliphatic rings. The number of H-pyrrole nitrogens is 1. The zero-order valence-corrected chi connectivity index (χ0v) is 17.0. The first kappa shape index (κ1) is 21.7. The van der Waals surface area contributed by atoms with E-state index in [2.05, 4.69) is 33.8 Å². The summed E-state index contributed by atoms with van der Waals surface area (Å²) in [6, 6.07) is 4.58. The van der Waals surface area contributed by atoms with Crippen molar-refractivity contribution in [3.8, 4) is 5.75 Å². The number of ether oxygens (including phenoxy) is 1. The number of hydrogen-bond donors (Lipinski definition) is 3. The summed E-state index contributed by atoms with van der Waals surface area (Å²) >= 11 is 11.3. The Labute approximate surface area is 172 Å². The van der Waals surface area contributed by atoms with Gasteiger partial charge in [0.15, 0.2) is 18.1 Å². The predicted molar refractivity (Wildman–Crippen MR) is 109 cm³/mol. The molecule has 1 aromatic carbocycles. The van der Waals surface area contributed by atoms with Gasteiger partial charge in [-0.25, -0.2) is 19.7 Å². The van der Waals surface area contributed by atoms with Gasteiger partial charge < -0.3 is 20.6 Å². The van der Waals surface area contributed by atoms with E-state index in [1.807, 2.05) is 0 Å². The first-order valence-corrected chi connectivity index (χ1v) is 9.27. The number of nitrogens with one attached hydrogen (secondary N) is 1. The fourth-order valence-electron chi connectivity index (χ4n) is 2.16. The third-order valence-corrected chi connectivity index (χ3v) is 4.08. The molecular formula is C18H21Cl2N5O3. The molecule has 4 N–H and O–H groups in total. The molecule has 3 rings (SSSR count). The van der Waals surface area contributed by atoms with Crippen molar-refractivity contribution >= 4 is 46.2 Å². The van der Waals surface area contributed by atoms with Crippen molar-refractivity contribution in [1.82, 2.24) is 19.9 Å². The molecule has 0 atom stereocenters. The summed E-state index contributed by atoms with van der Waals surface area (Å²) in [5.41, 5.74) is 7.16. The Morgan fingerprint density at radius 2 is 2.07 bits per heavy atom. The molecule has 0 fully saturated rings. The van der Waals surface area contributed by atoms with E-state index in [9.17, 15) is 4.79 Å². The number of halogens is 2. The second kappa shape index (κ2) is 10.1. The van der Waals surface area contributed by atoms with Crippen LogP contribution in [0.4, 0.5) is 5.82 Å². The zero-order chi connectivity index (χ0) is 20.7. The number of aromatic amines is 1. The van der Waals surface area contributed by atoms with Crippen molar-refractivity contribution in [2.45, 2.75) is 26.7 Å². The van der Waals surface area contributed by atoms with Gasteiger partial charge in [-0.2, -0.15) is 0 Å². The van der Waals surface area contributed by atoms with Crippen LogP contribution >= 0.6 is 23.2 Å². The molecule has 2 aromatic heterocycles. The number of carbonyl (C=O) groups is 1. The summed E-state index contributed by atoms with van der Waals surface area (Å²) < 4.78 is 4.86. The van der Waals surface area contributed by atoms with Gasteiger partial charge >= 0.3 is 5.97 Å². The number of aryl methyl sites for hydroxylation is 1. The van der Waals surface area contributed by atoms with E-state index in [-0.39, 0.29) is 0 Å². The molecule has 28 heavy (non-hydrogen) atoms. The maximum Gasteiger partial charge on any atom is 0.341 e. The standard InChI is InChI=1S/C10H15N5.C8H6Cl2O3/c1-6(2)3-4-7-14-9(11)8-10(15-7)13-5-12-8;9-5-1-2-7(6(10)3-5)13-4-8(11)12/h5-6H,3-4H2,1-2H3,(H3,11,12,13,14,15);1-3H,4H2,(H,11,12). The molecule has 0 bridgehead atoms. The van der Waals surface area contributed by atoms with Crippen LogP contribution in [0.1, 0.15) is 26.1 Å². The minimum Gasteiger partial charge on any atom is -0.480 e. The monoisotopic (exact) mass is 425 g/mol. The molecule has 10 heteroatoms. The van der Waals surface area contributed by atoms with Crippen LogP contribution in [0, 0.1) is 5.92 Å². The van der Waals surface area contributed by atoms with Gasteiger partial charge in [-0.1, -0.05) is 37.0 Å². The summed E-state index contributed by atoms with van der Waals surface area (Å²) in [4.78, 5) is 25.7. The van der Waals surface area contributed by atoms with E-state index in [4.69, 9.17) is 38.8 Å². The maximum absolute atomic E-state index is 10.2. The van der Waals surface area contributed by atoms with E-state index in [0.29, 0.717) is 33.2 Å². The normalized spacial score (nSPS) is 10.6. The van der Waals surface area contributed by atoms with Crippen molar-refractivity contribution in [3.63, 3.8) is 0 Å². The van der Waals surface area contributed by atoms with Crippen LogP contribution < -0.4 is 10.5 Å². The quantitative estimate of drug-likeness (QED) is 0.544. The molecule has 150 valence electrons. The predicted octanol–water partition coefficient (Wildman–Crippen LogP) is 3.98. The molecule has 0 amide bonds. The second-order valence-electron chi connectivity index (χ2n) is 6.32. The van der Waals surface area contributed by atoms with Crippen LogP contribution in [-0.4, -0.2) is 37.6 Å². The number of aliphatic carboxylic acids is 1. The number of hydrogen-bond acceptors (Lipinski definition) is 6. The molecular weight excluding hydrogens is 405 g/mol. The Hall–Kier alpha value is -2.58. The highest BCUT2D eigenvalue weighted by molar-refractivity contribution is 6.35. The Balaban J connectivity index is 0.000000203. The minimum absolute atomic E-state index is 0.300. The first-order valence-electron chi connectivity index (χ1n) is 8.51. The first-order chi connectivity index (χ1) is 13.3. The average molecular weight is 426 g/mol. The Morgan fingerprint density at radius 3 is 2.71 bits per heavy atom. The molecule has 8 nitrogen and oxygen atoms in total. The minimum atomic E-state index is -1.05. The van der Waals surface area contributed by atoms with Crippen LogP contribution in [0.5, 0.6) is 5.75 Å². The van der Waals surface area contributed by atoms with Crippen molar-refractivity contribution < 1.29 is 14.6 Å². The van der Waals surface area contributed by atoms with E-state index >= 15 is 0 Å². The number of carboxylic acid groups (broad SMARTS) is 1. The highest BCUT2D eigenvalue weighted by atomic mass is 35.5. The highest BCUT2D eigenvalue weighted by Crippen LogP contribution is 2.27. The van der Waals surface area contributed by atoms with Crippen molar-refractivity contribution in [2.24, 2.45) is 5.92 Å². The third-order valence-electron chi connectivity index (χ3n) is 3.55. The summed E-state index contributed by atoms with van der Waals surface area (Å²) in [6.45, 7) is 3.94. The lowest BCUT2D eigenvalue weighted by atomic mass is 10.1. The van der Waals surface area contributed by atoms with Crippen LogP contribution in [0.3, 0.4) is 0 Å². The lowest BCUT2D eigenvalue weighted by molar-refractivity contribution is -0.139. The number of benzene rings is 1. The van der Waals surface area contributed by atoms with Gasteiger partial charge in [0.05, 0.1) is 11.3 Å². The summed E-state index contributed by atoms with van der Waals surface area (Å²) in [5.74, 6) is 1.17. The van der Waals surface area contributed by atoms with Crippen molar-refractivity contribution in [3.05, 3.63) is 40.4 Å². The largest absolute Gasteiger partial charge is 0.480 e. The number of nitrogens with two attached hydrogens (primary N) is 1. The number of carboxylic acids is 1. The van der Waals surface area contributed by atoms with Crippen molar-refractivity contribution in [1.29, 1.82) is 0 Å². The van der Waals surface area contributed by atoms with Gasteiger partial charge in [0.25, 0.3) is 0 Å². The van der Waals surface area contributed by atoms with Crippen LogP contribution in [0.2, 0.25) is 10.0 Å². The summed E-state index contributed by atoms with van der Waals surface area (Å²) in [6.07, 6.45) is 3.50. The number of nitrogen functional groups attached to an aromatic ring is 1. The van der Waals surface area contributed by atoms with E-state index in [1.165, 1.54) is 12.1 Å². The fraction of sp³-hybridized carbons (Fsp3) is 0.333. The van der Waals surface area contributed by atoms with E-state index < -0.39 is 12.6 Å².